The quantitative estimate of drug-likeness (QED) is 0.194. The van der Waals surface area contributed by atoms with Crippen LogP contribution >= 0.6 is 0 Å². The van der Waals surface area contributed by atoms with E-state index >= 15 is 0 Å². The average molecular weight is 733 g/mol. The third-order valence-corrected chi connectivity index (χ3v) is 17.3. The second-order valence-electron chi connectivity index (χ2n) is 17.6. The van der Waals surface area contributed by atoms with Gasteiger partial charge in [0.05, 0.1) is 34.2 Å². The number of nitrogens with one attached hydrogen (secondary N) is 2. The molecule has 11 heteroatoms. The SMILES string of the molecule is O=C(O)C1CC(C2CCCCC2)CCC1C(=O)NC1CCCC(S(=O)(=O)C2CCCC(NC(=O)C3CCC(C4CCCCC4)CC3C(=O)O)C2)C1. The number of sulfone groups is 1. The molecule has 0 spiro atoms. The molecule has 10 atom stereocenters. The van der Waals surface area contributed by atoms with Crippen molar-refractivity contribution in [2.24, 2.45) is 47.3 Å². The summed E-state index contributed by atoms with van der Waals surface area (Å²) in [6.45, 7) is 0. The highest BCUT2D eigenvalue weighted by Crippen LogP contribution is 2.45. The van der Waals surface area contributed by atoms with Crippen LogP contribution in [0.1, 0.15) is 154 Å². The minimum atomic E-state index is -3.55. The molecule has 0 aromatic carbocycles. The lowest BCUT2D eigenvalue weighted by Gasteiger charge is -2.40. The van der Waals surface area contributed by atoms with Crippen molar-refractivity contribution in [2.45, 2.75) is 177 Å². The van der Waals surface area contributed by atoms with E-state index in [1.807, 2.05) is 0 Å². The van der Waals surface area contributed by atoms with Crippen molar-refractivity contribution >= 4 is 33.6 Å². The Morgan fingerprint density at radius 1 is 0.412 bits per heavy atom. The van der Waals surface area contributed by atoms with Crippen molar-refractivity contribution in [3.05, 3.63) is 0 Å². The number of carboxylic acids is 2. The van der Waals surface area contributed by atoms with Crippen molar-refractivity contribution in [1.29, 1.82) is 0 Å². The van der Waals surface area contributed by atoms with Crippen LogP contribution in [0.4, 0.5) is 0 Å². The Hall–Kier alpha value is -2.17. The maximum atomic E-state index is 14.1. The molecule has 6 fully saturated rings. The molecule has 6 saturated carbocycles. The second kappa shape index (κ2) is 17.3. The summed E-state index contributed by atoms with van der Waals surface area (Å²) in [5.74, 6) is -2.96. The summed E-state index contributed by atoms with van der Waals surface area (Å²) in [4.78, 5) is 51.8. The van der Waals surface area contributed by atoms with E-state index in [4.69, 9.17) is 0 Å². The van der Waals surface area contributed by atoms with Gasteiger partial charge in [0.1, 0.15) is 0 Å². The molecule has 0 aromatic heterocycles. The molecule has 10 unspecified atom stereocenters. The van der Waals surface area contributed by atoms with E-state index in [2.05, 4.69) is 10.6 Å². The van der Waals surface area contributed by atoms with Crippen molar-refractivity contribution in [3.63, 3.8) is 0 Å². The number of rotatable bonds is 10. The van der Waals surface area contributed by atoms with Gasteiger partial charge in [-0.2, -0.15) is 0 Å². The van der Waals surface area contributed by atoms with Gasteiger partial charge in [-0.15, -0.1) is 0 Å². The van der Waals surface area contributed by atoms with Gasteiger partial charge >= 0.3 is 11.9 Å². The second-order valence-corrected chi connectivity index (χ2v) is 20.1. The Labute approximate surface area is 305 Å². The third-order valence-electron chi connectivity index (χ3n) is 14.6. The lowest BCUT2D eigenvalue weighted by atomic mass is 9.66. The van der Waals surface area contributed by atoms with E-state index in [1.54, 1.807) is 0 Å². The van der Waals surface area contributed by atoms with E-state index < -0.39 is 55.9 Å². The predicted octanol–water partition coefficient (Wildman–Crippen LogP) is 6.65. The molecule has 288 valence electrons. The van der Waals surface area contributed by atoms with Gasteiger partial charge in [-0.25, -0.2) is 8.42 Å². The van der Waals surface area contributed by atoms with Crippen molar-refractivity contribution in [1.82, 2.24) is 10.6 Å². The molecular weight excluding hydrogens is 669 g/mol. The summed E-state index contributed by atoms with van der Waals surface area (Å²) in [6.07, 6.45) is 20.5. The summed E-state index contributed by atoms with van der Waals surface area (Å²) >= 11 is 0. The Morgan fingerprint density at radius 3 is 1.18 bits per heavy atom. The van der Waals surface area contributed by atoms with E-state index in [0.29, 0.717) is 101 Å². The molecule has 6 aliphatic rings. The van der Waals surface area contributed by atoms with Gasteiger partial charge < -0.3 is 20.8 Å². The molecule has 0 aromatic rings. The van der Waals surface area contributed by atoms with Crippen LogP contribution in [-0.4, -0.2) is 65.0 Å². The lowest BCUT2D eigenvalue weighted by molar-refractivity contribution is -0.150. The average Bonchev–Trinajstić information content (AvgIpc) is 3.15. The largest absolute Gasteiger partial charge is 0.481 e. The molecule has 6 aliphatic carbocycles. The maximum absolute atomic E-state index is 14.1. The van der Waals surface area contributed by atoms with Crippen LogP contribution < -0.4 is 10.6 Å². The van der Waals surface area contributed by atoms with Gasteiger partial charge in [0.2, 0.25) is 11.8 Å². The fourth-order valence-corrected chi connectivity index (χ4v) is 14.2. The van der Waals surface area contributed by atoms with Crippen LogP contribution in [0.3, 0.4) is 0 Å². The normalized spacial score (nSPS) is 37.6. The first kappa shape index (κ1) is 38.6. The predicted molar refractivity (Wildman–Crippen MR) is 194 cm³/mol. The van der Waals surface area contributed by atoms with Crippen LogP contribution in [0, 0.1) is 47.3 Å². The van der Waals surface area contributed by atoms with E-state index in [0.717, 1.165) is 38.5 Å². The number of hydrogen-bond acceptors (Lipinski definition) is 6. The van der Waals surface area contributed by atoms with E-state index in [1.165, 1.54) is 38.5 Å². The standard InChI is InChI=1S/C40H64N2O8S/c43-37(33-19-17-27(21-35(33)39(45)46)25-9-3-1-4-10-25)41-29-13-7-15-31(23-29)51(49,50)32-16-8-14-30(24-32)42-38(44)34-20-18-28(22-36(34)40(47)48)26-11-5-2-6-12-26/h25-36H,1-24H2,(H,41,43)(H,42,44)(H,45,46)(H,47,48). The number of carbonyl (C=O) groups is 4. The monoisotopic (exact) mass is 732 g/mol. The molecule has 10 nitrogen and oxygen atoms in total. The van der Waals surface area contributed by atoms with Crippen molar-refractivity contribution in [3.8, 4) is 0 Å². The topological polar surface area (TPSA) is 167 Å². The molecule has 0 radical (unpaired) electrons. The third kappa shape index (κ3) is 9.32. The Morgan fingerprint density at radius 2 is 0.804 bits per heavy atom. The summed E-state index contributed by atoms with van der Waals surface area (Å²) < 4.78 is 28.2. The van der Waals surface area contributed by atoms with Gasteiger partial charge in [-0.3, -0.25) is 19.2 Å². The molecular formula is C40H64N2O8S. The summed E-state index contributed by atoms with van der Waals surface area (Å²) in [7, 11) is -3.55. The molecule has 0 aliphatic heterocycles. The van der Waals surface area contributed by atoms with Gasteiger partial charge in [0, 0.05) is 12.1 Å². The van der Waals surface area contributed by atoms with Crippen LogP contribution in [-0.2, 0) is 29.0 Å². The fourth-order valence-electron chi connectivity index (χ4n) is 11.7. The fraction of sp³-hybridized carbons (Fsp3) is 0.900. The van der Waals surface area contributed by atoms with Crippen LogP contribution in [0.5, 0.6) is 0 Å². The zero-order valence-electron chi connectivity index (χ0n) is 30.7. The Bertz CT molecular complexity index is 1250. The first-order valence-corrected chi connectivity index (χ1v) is 22.4. The molecule has 4 N–H and O–H groups in total. The van der Waals surface area contributed by atoms with Crippen molar-refractivity contribution in [2.75, 3.05) is 0 Å². The molecule has 0 saturated heterocycles. The number of amides is 2. The van der Waals surface area contributed by atoms with Crippen molar-refractivity contribution < 1.29 is 37.8 Å². The summed E-state index contributed by atoms with van der Waals surface area (Å²) in [5, 5.41) is 25.3. The number of hydrogen-bond donors (Lipinski definition) is 4. The molecule has 6 rings (SSSR count). The highest BCUT2D eigenvalue weighted by atomic mass is 32.2. The number of aliphatic carboxylic acids is 2. The minimum absolute atomic E-state index is 0.236. The maximum Gasteiger partial charge on any atom is 0.307 e. The molecule has 0 heterocycles. The zero-order valence-corrected chi connectivity index (χ0v) is 31.5. The Kier molecular flexibility index (Phi) is 13.1. The first-order chi connectivity index (χ1) is 24.5. The molecule has 2 amide bonds. The van der Waals surface area contributed by atoms with Gasteiger partial charge in [0.15, 0.2) is 9.84 Å². The first-order valence-electron chi connectivity index (χ1n) is 20.8. The van der Waals surface area contributed by atoms with Crippen LogP contribution in [0.2, 0.25) is 0 Å². The highest BCUT2D eigenvalue weighted by molar-refractivity contribution is 7.92. The van der Waals surface area contributed by atoms with Gasteiger partial charge in [-0.05, 0) is 101 Å². The zero-order chi connectivity index (χ0) is 36.1. The summed E-state index contributed by atoms with van der Waals surface area (Å²) in [5.41, 5.74) is 0. The van der Waals surface area contributed by atoms with Gasteiger partial charge in [0.25, 0.3) is 0 Å². The highest BCUT2D eigenvalue weighted by Gasteiger charge is 2.45. The minimum Gasteiger partial charge on any atom is -0.481 e. The van der Waals surface area contributed by atoms with Crippen LogP contribution in [0.25, 0.3) is 0 Å². The number of carboxylic acid groups (broad SMARTS) is 2. The lowest BCUT2D eigenvalue weighted by Crippen LogP contribution is -2.50. The van der Waals surface area contributed by atoms with Gasteiger partial charge in [-0.1, -0.05) is 77.0 Å². The molecule has 0 bridgehead atoms. The Balaban J connectivity index is 1.01. The number of carbonyl (C=O) groups excluding carboxylic acids is 2. The summed E-state index contributed by atoms with van der Waals surface area (Å²) in [6, 6.07) is -0.598. The molecule has 51 heavy (non-hydrogen) atoms. The smallest absolute Gasteiger partial charge is 0.307 e. The van der Waals surface area contributed by atoms with Crippen LogP contribution in [0.15, 0.2) is 0 Å². The van der Waals surface area contributed by atoms with E-state index in [9.17, 15) is 37.8 Å². The van der Waals surface area contributed by atoms with E-state index in [-0.39, 0.29) is 23.9 Å².